The summed E-state index contributed by atoms with van der Waals surface area (Å²) in [6.45, 7) is 0. The molecule has 0 aliphatic carbocycles. The molecular formula is C13H8BrFOS. The fraction of sp³-hybridized carbons (Fsp3) is 0. The van der Waals surface area contributed by atoms with Gasteiger partial charge in [-0.15, -0.1) is 11.3 Å². The first-order valence-corrected chi connectivity index (χ1v) is 6.49. The lowest BCUT2D eigenvalue weighted by Gasteiger charge is -1.93. The van der Waals surface area contributed by atoms with E-state index in [2.05, 4.69) is 15.9 Å². The molecular weight excluding hydrogens is 303 g/mol. The quantitative estimate of drug-likeness (QED) is 0.600. The second-order valence-electron chi connectivity index (χ2n) is 3.36. The maximum absolute atomic E-state index is 12.9. The van der Waals surface area contributed by atoms with Crippen molar-refractivity contribution < 1.29 is 9.18 Å². The highest BCUT2D eigenvalue weighted by Crippen LogP contribution is 2.22. The van der Waals surface area contributed by atoms with Crippen LogP contribution in [0.4, 0.5) is 4.39 Å². The lowest BCUT2D eigenvalue weighted by molar-refractivity contribution is 0.105. The molecule has 1 aromatic heterocycles. The van der Waals surface area contributed by atoms with Crippen molar-refractivity contribution in [3.05, 3.63) is 62.5 Å². The van der Waals surface area contributed by atoms with Crippen LogP contribution < -0.4 is 0 Å². The smallest absolute Gasteiger partial charge is 0.195 e. The number of rotatable bonds is 3. The van der Waals surface area contributed by atoms with Crippen LogP contribution in [0.2, 0.25) is 0 Å². The molecule has 0 saturated carbocycles. The summed E-state index contributed by atoms with van der Waals surface area (Å²) in [5.74, 6) is -0.386. The van der Waals surface area contributed by atoms with E-state index < -0.39 is 0 Å². The summed E-state index contributed by atoms with van der Waals surface area (Å²) in [5, 5.41) is 0. The Morgan fingerprint density at radius 1 is 1.29 bits per heavy atom. The van der Waals surface area contributed by atoms with Gasteiger partial charge in [-0.1, -0.05) is 18.2 Å². The summed E-state index contributed by atoms with van der Waals surface area (Å²) in [5.41, 5.74) is 0.675. The lowest BCUT2D eigenvalue weighted by Crippen LogP contribution is -1.88. The van der Waals surface area contributed by atoms with E-state index in [0.717, 1.165) is 3.79 Å². The highest BCUT2D eigenvalue weighted by molar-refractivity contribution is 9.11. The largest absolute Gasteiger partial charge is 0.288 e. The van der Waals surface area contributed by atoms with E-state index in [4.69, 9.17) is 0 Å². The van der Waals surface area contributed by atoms with Crippen molar-refractivity contribution in [1.82, 2.24) is 0 Å². The van der Waals surface area contributed by atoms with Crippen LogP contribution in [-0.2, 0) is 0 Å². The highest BCUT2D eigenvalue weighted by Gasteiger charge is 2.04. The zero-order valence-corrected chi connectivity index (χ0v) is 11.1. The molecule has 2 aromatic rings. The number of hydrogen-bond acceptors (Lipinski definition) is 2. The van der Waals surface area contributed by atoms with Crippen LogP contribution >= 0.6 is 27.3 Å². The van der Waals surface area contributed by atoms with Crippen molar-refractivity contribution in [3.8, 4) is 0 Å². The second kappa shape index (κ2) is 5.38. The van der Waals surface area contributed by atoms with Gasteiger partial charge in [-0.05, 0) is 51.8 Å². The van der Waals surface area contributed by atoms with E-state index in [1.807, 2.05) is 6.07 Å². The molecule has 0 saturated heterocycles. The van der Waals surface area contributed by atoms with Gasteiger partial charge in [0.15, 0.2) is 5.78 Å². The van der Waals surface area contributed by atoms with Crippen LogP contribution in [0.3, 0.4) is 0 Å². The first-order chi connectivity index (χ1) is 8.15. The van der Waals surface area contributed by atoms with Crippen LogP contribution in [0.5, 0.6) is 0 Å². The Labute approximate surface area is 111 Å². The molecule has 0 unspecified atom stereocenters. The van der Waals surface area contributed by atoms with Crippen LogP contribution in [-0.4, -0.2) is 5.78 Å². The number of allylic oxidation sites excluding steroid dienone is 1. The Bertz CT molecular complexity index is 574. The fourth-order valence-corrected chi connectivity index (χ4v) is 2.62. The molecule has 0 aliphatic rings. The van der Waals surface area contributed by atoms with E-state index in [9.17, 15) is 9.18 Å². The summed E-state index contributed by atoms with van der Waals surface area (Å²) in [6, 6.07) is 9.70. The first-order valence-electron chi connectivity index (χ1n) is 4.88. The third-order valence-corrected chi connectivity index (χ3v) is 3.73. The Hall–Kier alpha value is -1.26. The van der Waals surface area contributed by atoms with Crippen molar-refractivity contribution in [3.63, 3.8) is 0 Å². The van der Waals surface area contributed by atoms with Crippen LogP contribution in [0.1, 0.15) is 15.2 Å². The summed E-state index contributed by atoms with van der Waals surface area (Å²) >= 11 is 4.67. The number of carbonyl (C=O) groups excluding carboxylic acids is 1. The minimum atomic E-state index is -0.307. The van der Waals surface area contributed by atoms with Crippen molar-refractivity contribution >= 4 is 39.1 Å². The number of ketones is 1. The third kappa shape index (κ3) is 3.35. The SMILES string of the molecule is O=C(/C=C/c1cccc(F)c1)c1ccc(Br)s1. The lowest BCUT2D eigenvalue weighted by atomic mass is 10.2. The van der Waals surface area contributed by atoms with Crippen LogP contribution in [0.25, 0.3) is 6.08 Å². The van der Waals surface area contributed by atoms with Gasteiger partial charge < -0.3 is 0 Å². The van der Waals surface area contributed by atoms with Gasteiger partial charge in [-0.2, -0.15) is 0 Å². The predicted molar refractivity (Wildman–Crippen MR) is 71.8 cm³/mol. The maximum atomic E-state index is 12.9. The van der Waals surface area contributed by atoms with E-state index in [1.54, 1.807) is 24.3 Å². The number of hydrogen-bond donors (Lipinski definition) is 0. The van der Waals surface area contributed by atoms with E-state index in [1.165, 1.54) is 29.5 Å². The van der Waals surface area contributed by atoms with Crippen LogP contribution in [0.15, 0.2) is 46.3 Å². The molecule has 0 fully saturated rings. The molecule has 1 heterocycles. The highest BCUT2D eigenvalue weighted by atomic mass is 79.9. The van der Waals surface area contributed by atoms with Gasteiger partial charge in [0.1, 0.15) is 5.82 Å². The average molecular weight is 311 g/mol. The Balaban J connectivity index is 2.13. The number of halogens is 2. The fourth-order valence-electron chi connectivity index (χ4n) is 1.31. The van der Waals surface area contributed by atoms with Crippen LogP contribution in [0, 0.1) is 5.82 Å². The summed E-state index contributed by atoms with van der Waals surface area (Å²) in [7, 11) is 0. The molecule has 2 rings (SSSR count). The standard InChI is InChI=1S/C13H8BrFOS/c14-13-7-6-12(17-13)11(16)5-4-9-2-1-3-10(15)8-9/h1-8H/b5-4+. The van der Waals surface area contributed by atoms with Gasteiger partial charge in [0, 0.05) is 0 Å². The van der Waals surface area contributed by atoms with Gasteiger partial charge in [0.2, 0.25) is 0 Å². The zero-order chi connectivity index (χ0) is 12.3. The number of benzene rings is 1. The molecule has 0 amide bonds. The monoisotopic (exact) mass is 310 g/mol. The summed E-state index contributed by atoms with van der Waals surface area (Å²) in [6.07, 6.45) is 3.06. The first kappa shape index (κ1) is 12.2. The van der Waals surface area contributed by atoms with Gasteiger partial charge in [-0.3, -0.25) is 4.79 Å². The van der Waals surface area contributed by atoms with Gasteiger partial charge in [0.05, 0.1) is 8.66 Å². The molecule has 17 heavy (non-hydrogen) atoms. The van der Waals surface area contributed by atoms with E-state index in [0.29, 0.717) is 10.4 Å². The molecule has 0 aliphatic heterocycles. The number of carbonyl (C=O) groups is 1. The Morgan fingerprint density at radius 3 is 2.76 bits per heavy atom. The topological polar surface area (TPSA) is 17.1 Å². The summed E-state index contributed by atoms with van der Waals surface area (Å²) in [4.78, 5) is 12.4. The molecule has 0 radical (unpaired) electrons. The molecule has 0 N–H and O–H groups in total. The Morgan fingerprint density at radius 2 is 2.12 bits per heavy atom. The molecule has 0 spiro atoms. The molecule has 86 valence electrons. The Kier molecular flexibility index (Phi) is 3.86. The predicted octanol–water partition coefficient (Wildman–Crippen LogP) is 4.55. The maximum Gasteiger partial charge on any atom is 0.195 e. The third-order valence-electron chi connectivity index (χ3n) is 2.09. The normalized spacial score (nSPS) is 10.9. The van der Waals surface area contributed by atoms with Crippen molar-refractivity contribution in [2.45, 2.75) is 0 Å². The zero-order valence-electron chi connectivity index (χ0n) is 8.69. The molecule has 0 bridgehead atoms. The minimum Gasteiger partial charge on any atom is -0.288 e. The van der Waals surface area contributed by atoms with Gasteiger partial charge >= 0.3 is 0 Å². The molecule has 1 nitrogen and oxygen atoms in total. The minimum absolute atomic E-state index is 0.0787. The molecule has 1 aromatic carbocycles. The van der Waals surface area contributed by atoms with E-state index in [-0.39, 0.29) is 11.6 Å². The van der Waals surface area contributed by atoms with Gasteiger partial charge in [-0.25, -0.2) is 4.39 Å². The molecule has 0 atom stereocenters. The van der Waals surface area contributed by atoms with E-state index >= 15 is 0 Å². The average Bonchev–Trinajstić information content (AvgIpc) is 2.73. The van der Waals surface area contributed by atoms with Gasteiger partial charge in [0.25, 0.3) is 0 Å². The van der Waals surface area contributed by atoms with Crippen molar-refractivity contribution in [1.29, 1.82) is 0 Å². The number of thiophene rings is 1. The molecule has 4 heteroatoms. The summed E-state index contributed by atoms with van der Waals surface area (Å²) < 4.78 is 13.8. The van der Waals surface area contributed by atoms with Crippen molar-refractivity contribution in [2.75, 3.05) is 0 Å². The second-order valence-corrected chi connectivity index (χ2v) is 5.82. The van der Waals surface area contributed by atoms with Crippen molar-refractivity contribution in [2.24, 2.45) is 0 Å².